The van der Waals surface area contributed by atoms with Crippen LogP contribution in [0.25, 0.3) is 0 Å². The fourth-order valence-electron chi connectivity index (χ4n) is 2.16. The standard InChI is InChI=1S/C17H19BrClNO/c1-11(2)15-9-13(18)5-8-16(15)21-17(10-20)12-3-6-14(19)7-4-12/h3-9,11,17H,10,20H2,1-2H3. The van der Waals surface area contributed by atoms with Gasteiger partial charge in [0.25, 0.3) is 0 Å². The molecule has 1 unspecified atom stereocenters. The molecule has 0 spiro atoms. The highest BCUT2D eigenvalue weighted by Gasteiger charge is 2.15. The number of rotatable bonds is 5. The molecule has 0 fully saturated rings. The van der Waals surface area contributed by atoms with E-state index in [1.54, 1.807) is 0 Å². The first-order chi connectivity index (χ1) is 10.0. The van der Waals surface area contributed by atoms with E-state index in [0.29, 0.717) is 17.5 Å². The lowest BCUT2D eigenvalue weighted by Gasteiger charge is -2.21. The molecule has 2 aromatic rings. The van der Waals surface area contributed by atoms with Gasteiger partial charge in [-0.25, -0.2) is 0 Å². The van der Waals surface area contributed by atoms with Gasteiger partial charge in [0.2, 0.25) is 0 Å². The van der Waals surface area contributed by atoms with Gasteiger partial charge < -0.3 is 10.5 Å². The molecule has 2 rings (SSSR count). The second-order valence-electron chi connectivity index (χ2n) is 5.23. The van der Waals surface area contributed by atoms with E-state index in [9.17, 15) is 0 Å². The molecule has 2 aromatic carbocycles. The lowest BCUT2D eigenvalue weighted by atomic mass is 10.0. The van der Waals surface area contributed by atoms with Gasteiger partial charge in [-0.3, -0.25) is 0 Å². The van der Waals surface area contributed by atoms with E-state index in [2.05, 4.69) is 35.8 Å². The minimum absolute atomic E-state index is 0.180. The van der Waals surface area contributed by atoms with Gasteiger partial charge in [0, 0.05) is 16.0 Å². The van der Waals surface area contributed by atoms with Crippen molar-refractivity contribution in [3.05, 3.63) is 63.1 Å². The zero-order valence-electron chi connectivity index (χ0n) is 12.1. The normalized spacial score (nSPS) is 12.5. The monoisotopic (exact) mass is 367 g/mol. The average Bonchev–Trinajstić information content (AvgIpc) is 2.47. The Morgan fingerprint density at radius 2 is 1.81 bits per heavy atom. The zero-order chi connectivity index (χ0) is 15.4. The molecule has 0 saturated carbocycles. The quantitative estimate of drug-likeness (QED) is 0.776. The number of ether oxygens (including phenoxy) is 1. The molecule has 0 aromatic heterocycles. The highest BCUT2D eigenvalue weighted by molar-refractivity contribution is 9.10. The van der Waals surface area contributed by atoms with Crippen LogP contribution >= 0.6 is 27.5 Å². The maximum Gasteiger partial charge on any atom is 0.136 e. The second-order valence-corrected chi connectivity index (χ2v) is 6.58. The average molecular weight is 369 g/mol. The number of nitrogens with two attached hydrogens (primary N) is 1. The summed E-state index contributed by atoms with van der Waals surface area (Å²) in [6.45, 7) is 4.71. The van der Waals surface area contributed by atoms with E-state index in [0.717, 1.165) is 21.3 Å². The first-order valence-corrected chi connectivity index (χ1v) is 8.10. The number of halogens is 2. The van der Waals surface area contributed by atoms with Gasteiger partial charge in [0.15, 0.2) is 0 Å². The van der Waals surface area contributed by atoms with Crippen molar-refractivity contribution < 1.29 is 4.74 Å². The molecule has 1 atom stereocenters. The zero-order valence-corrected chi connectivity index (χ0v) is 14.5. The third kappa shape index (κ3) is 4.22. The fraction of sp³-hybridized carbons (Fsp3) is 0.294. The van der Waals surface area contributed by atoms with Crippen LogP contribution in [0.4, 0.5) is 0 Å². The van der Waals surface area contributed by atoms with Crippen LogP contribution in [0.5, 0.6) is 5.75 Å². The number of hydrogen-bond donors (Lipinski definition) is 1. The summed E-state index contributed by atoms with van der Waals surface area (Å²) in [5.41, 5.74) is 8.07. The fourth-order valence-corrected chi connectivity index (χ4v) is 2.67. The van der Waals surface area contributed by atoms with E-state index in [1.165, 1.54) is 0 Å². The van der Waals surface area contributed by atoms with Gasteiger partial charge in [0.1, 0.15) is 11.9 Å². The van der Waals surface area contributed by atoms with Crippen molar-refractivity contribution >= 4 is 27.5 Å². The maximum atomic E-state index is 6.15. The highest BCUT2D eigenvalue weighted by atomic mass is 79.9. The van der Waals surface area contributed by atoms with Gasteiger partial charge in [-0.2, -0.15) is 0 Å². The molecule has 2 N–H and O–H groups in total. The molecular formula is C17H19BrClNO. The number of benzene rings is 2. The predicted molar refractivity (Wildman–Crippen MR) is 92.1 cm³/mol. The SMILES string of the molecule is CC(C)c1cc(Br)ccc1OC(CN)c1ccc(Cl)cc1. The van der Waals surface area contributed by atoms with Crippen LogP contribution in [-0.4, -0.2) is 6.54 Å². The summed E-state index contributed by atoms with van der Waals surface area (Å²) in [4.78, 5) is 0. The highest BCUT2D eigenvalue weighted by Crippen LogP contribution is 2.32. The molecule has 0 saturated heterocycles. The summed E-state index contributed by atoms with van der Waals surface area (Å²) in [6.07, 6.45) is -0.180. The molecular weight excluding hydrogens is 350 g/mol. The van der Waals surface area contributed by atoms with Gasteiger partial charge in [0.05, 0.1) is 0 Å². The molecule has 0 bridgehead atoms. The Morgan fingerprint density at radius 3 is 2.38 bits per heavy atom. The molecule has 0 aliphatic heterocycles. The van der Waals surface area contributed by atoms with Crippen LogP contribution in [0.2, 0.25) is 5.02 Å². The summed E-state index contributed by atoms with van der Waals surface area (Å²) < 4.78 is 7.20. The van der Waals surface area contributed by atoms with E-state index in [1.807, 2.05) is 36.4 Å². The molecule has 112 valence electrons. The van der Waals surface area contributed by atoms with Crippen LogP contribution in [0.3, 0.4) is 0 Å². The van der Waals surface area contributed by atoms with Crippen LogP contribution in [0.15, 0.2) is 46.9 Å². The molecule has 21 heavy (non-hydrogen) atoms. The van der Waals surface area contributed by atoms with Crippen molar-refractivity contribution in [3.8, 4) is 5.75 Å². The topological polar surface area (TPSA) is 35.2 Å². The van der Waals surface area contributed by atoms with Crippen LogP contribution in [0, 0.1) is 0 Å². The number of hydrogen-bond acceptors (Lipinski definition) is 2. The molecule has 0 aliphatic carbocycles. The lowest BCUT2D eigenvalue weighted by molar-refractivity contribution is 0.211. The van der Waals surface area contributed by atoms with Crippen molar-refractivity contribution in [1.82, 2.24) is 0 Å². The second kappa shape index (κ2) is 7.30. The van der Waals surface area contributed by atoms with Crippen molar-refractivity contribution in [2.75, 3.05) is 6.54 Å². The molecule has 0 heterocycles. The van der Waals surface area contributed by atoms with Crippen molar-refractivity contribution in [3.63, 3.8) is 0 Å². The minimum Gasteiger partial charge on any atom is -0.484 e. The van der Waals surface area contributed by atoms with E-state index in [4.69, 9.17) is 22.1 Å². The van der Waals surface area contributed by atoms with E-state index in [-0.39, 0.29) is 6.10 Å². The Kier molecular flexibility index (Phi) is 5.68. The van der Waals surface area contributed by atoms with Gasteiger partial charge >= 0.3 is 0 Å². The van der Waals surface area contributed by atoms with Crippen molar-refractivity contribution in [2.45, 2.75) is 25.9 Å². The molecule has 2 nitrogen and oxygen atoms in total. The summed E-state index contributed by atoms with van der Waals surface area (Å²) >= 11 is 9.43. The largest absolute Gasteiger partial charge is 0.484 e. The van der Waals surface area contributed by atoms with Crippen molar-refractivity contribution in [2.24, 2.45) is 5.73 Å². The minimum atomic E-state index is -0.180. The van der Waals surface area contributed by atoms with Crippen LogP contribution in [-0.2, 0) is 0 Å². The van der Waals surface area contributed by atoms with Gasteiger partial charge in [-0.15, -0.1) is 0 Å². The summed E-state index contributed by atoms with van der Waals surface area (Å²) in [5, 5.41) is 0.709. The first-order valence-electron chi connectivity index (χ1n) is 6.93. The summed E-state index contributed by atoms with van der Waals surface area (Å²) in [6, 6.07) is 13.7. The Hall–Kier alpha value is -1.03. The summed E-state index contributed by atoms with van der Waals surface area (Å²) in [7, 11) is 0. The molecule has 4 heteroatoms. The Morgan fingerprint density at radius 1 is 1.14 bits per heavy atom. The van der Waals surface area contributed by atoms with Crippen LogP contribution < -0.4 is 10.5 Å². The van der Waals surface area contributed by atoms with E-state index < -0.39 is 0 Å². The maximum absolute atomic E-state index is 6.15. The smallest absolute Gasteiger partial charge is 0.136 e. The molecule has 0 aliphatic rings. The summed E-state index contributed by atoms with van der Waals surface area (Å²) in [5.74, 6) is 1.25. The lowest BCUT2D eigenvalue weighted by Crippen LogP contribution is -2.19. The first kappa shape index (κ1) is 16.3. The third-order valence-corrected chi connectivity index (χ3v) is 4.06. The van der Waals surface area contributed by atoms with E-state index >= 15 is 0 Å². The Bertz CT molecular complexity index is 598. The van der Waals surface area contributed by atoms with Crippen LogP contribution in [0.1, 0.15) is 37.0 Å². The van der Waals surface area contributed by atoms with Gasteiger partial charge in [-0.1, -0.05) is 53.5 Å². The molecule has 0 amide bonds. The van der Waals surface area contributed by atoms with Gasteiger partial charge in [-0.05, 0) is 47.4 Å². The van der Waals surface area contributed by atoms with Crippen molar-refractivity contribution in [1.29, 1.82) is 0 Å². The Labute approximate surface area is 139 Å². The Balaban J connectivity index is 2.28. The third-order valence-electron chi connectivity index (χ3n) is 3.32. The molecule has 0 radical (unpaired) electrons. The predicted octanol–water partition coefficient (Wildman–Crippen LogP) is 5.30.